The SMILES string of the molecule is O=C(NCc1ccc(C[NH+]2CCCC2)cc1)c1ccccc1F. The Kier molecular flexibility index (Phi) is 5.03. The van der Waals surface area contributed by atoms with Crippen molar-refractivity contribution in [3.05, 3.63) is 71.0 Å². The van der Waals surface area contributed by atoms with Crippen LogP contribution in [-0.4, -0.2) is 19.0 Å². The van der Waals surface area contributed by atoms with Crippen molar-refractivity contribution in [2.45, 2.75) is 25.9 Å². The zero-order chi connectivity index (χ0) is 16.1. The van der Waals surface area contributed by atoms with Gasteiger partial charge in [0, 0.05) is 24.9 Å². The second-order valence-corrected chi connectivity index (χ2v) is 6.11. The summed E-state index contributed by atoms with van der Waals surface area (Å²) in [5, 5.41) is 2.76. The molecule has 0 bridgehead atoms. The van der Waals surface area contributed by atoms with Gasteiger partial charge in [0.05, 0.1) is 18.7 Å². The minimum atomic E-state index is -0.492. The molecule has 2 N–H and O–H groups in total. The predicted molar refractivity (Wildman–Crippen MR) is 87.6 cm³/mol. The van der Waals surface area contributed by atoms with E-state index in [1.54, 1.807) is 17.0 Å². The van der Waals surface area contributed by atoms with E-state index in [-0.39, 0.29) is 11.5 Å². The van der Waals surface area contributed by atoms with Crippen LogP contribution in [-0.2, 0) is 13.1 Å². The zero-order valence-corrected chi connectivity index (χ0v) is 13.1. The van der Waals surface area contributed by atoms with Crippen molar-refractivity contribution in [2.75, 3.05) is 13.1 Å². The topological polar surface area (TPSA) is 33.5 Å². The van der Waals surface area contributed by atoms with Crippen molar-refractivity contribution in [1.29, 1.82) is 0 Å². The van der Waals surface area contributed by atoms with Crippen molar-refractivity contribution >= 4 is 5.91 Å². The molecule has 1 aliphatic rings. The number of halogens is 1. The van der Waals surface area contributed by atoms with Gasteiger partial charge in [-0.2, -0.15) is 0 Å². The van der Waals surface area contributed by atoms with Gasteiger partial charge >= 0.3 is 0 Å². The molecule has 1 heterocycles. The molecule has 0 aromatic heterocycles. The lowest BCUT2D eigenvalue weighted by atomic mass is 10.1. The fourth-order valence-corrected chi connectivity index (χ4v) is 3.04. The molecule has 120 valence electrons. The van der Waals surface area contributed by atoms with Crippen LogP contribution in [0.5, 0.6) is 0 Å². The number of quaternary nitrogens is 1. The Hall–Kier alpha value is -2.20. The molecule has 1 amide bonds. The highest BCUT2D eigenvalue weighted by molar-refractivity contribution is 5.94. The highest BCUT2D eigenvalue weighted by Crippen LogP contribution is 2.08. The van der Waals surface area contributed by atoms with Crippen LogP contribution in [0.1, 0.15) is 34.3 Å². The maximum absolute atomic E-state index is 13.5. The number of hydrogen-bond acceptors (Lipinski definition) is 1. The van der Waals surface area contributed by atoms with Crippen molar-refractivity contribution < 1.29 is 14.1 Å². The first-order valence-corrected chi connectivity index (χ1v) is 8.16. The van der Waals surface area contributed by atoms with Crippen molar-refractivity contribution in [3.63, 3.8) is 0 Å². The molecule has 0 unspecified atom stereocenters. The standard InChI is InChI=1S/C19H21FN2O/c20-18-6-2-1-5-17(18)19(23)21-13-15-7-9-16(10-8-15)14-22-11-3-4-12-22/h1-2,5-10H,3-4,11-14H2,(H,21,23)/p+1. The Balaban J connectivity index is 1.54. The zero-order valence-electron chi connectivity index (χ0n) is 13.1. The van der Waals surface area contributed by atoms with E-state index in [0.717, 1.165) is 12.1 Å². The monoisotopic (exact) mass is 313 g/mol. The van der Waals surface area contributed by atoms with E-state index in [1.165, 1.54) is 43.6 Å². The van der Waals surface area contributed by atoms with Gasteiger partial charge in [-0.15, -0.1) is 0 Å². The number of carbonyl (C=O) groups excluding carboxylic acids is 1. The summed E-state index contributed by atoms with van der Waals surface area (Å²) in [5.41, 5.74) is 2.43. The largest absolute Gasteiger partial charge is 0.348 e. The summed E-state index contributed by atoms with van der Waals surface area (Å²) in [6.07, 6.45) is 2.66. The lowest BCUT2D eigenvalue weighted by Crippen LogP contribution is -3.08. The van der Waals surface area contributed by atoms with Crippen molar-refractivity contribution in [3.8, 4) is 0 Å². The summed E-state index contributed by atoms with van der Waals surface area (Å²) in [5.74, 6) is -0.873. The minimum Gasteiger partial charge on any atom is -0.348 e. The van der Waals surface area contributed by atoms with Gasteiger partial charge in [0.2, 0.25) is 0 Å². The first kappa shape index (κ1) is 15.7. The van der Waals surface area contributed by atoms with Gasteiger partial charge in [0.25, 0.3) is 5.91 Å². The lowest BCUT2D eigenvalue weighted by molar-refractivity contribution is -0.901. The number of hydrogen-bond donors (Lipinski definition) is 2. The van der Waals surface area contributed by atoms with Crippen molar-refractivity contribution in [2.24, 2.45) is 0 Å². The molecule has 0 radical (unpaired) electrons. The maximum Gasteiger partial charge on any atom is 0.254 e. The number of amides is 1. The molecule has 1 aliphatic heterocycles. The third kappa shape index (κ3) is 4.17. The predicted octanol–water partition coefficient (Wildman–Crippen LogP) is 1.93. The van der Waals surface area contributed by atoms with E-state index in [2.05, 4.69) is 17.4 Å². The van der Waals surface area contributed by atoms with Gasteiger partial charge in [-0.3, -0.25) is 4.79 Å². The second kappa shape index (κ2) is 7.38. The average molecular weight is 313 g/mol. The average Bonchev–Trinajstić information content (AvgIpc) is 3.07. The molecular weight excluding hydrogens is 291 g/mol. The summed E-state index contributed by atoms with van der Waals surface area (Å²) in [6.45, 7) is 4.01. The number of rotatable bonds is 5. The van der Waals surface area contributed by atoms with Crippen LogP contribution in [0.15, 0.2) is 48.5 Å². The first-order valence-electron chi connectivity index (χ1n) is 8.16. The number of nitrogens with one attached hydrogen (secondary N) is 2. The summed E-state index contributed by atoms with van der Waals surface area (Å²) in [7, 11) is 0. The Labute approximate surface area is 136 Å². The van der Waals surface area contributed by atoms with E-state index in [0.29, 0.717) is 6.54 Å². The molecule has 0 spiro atoms. The third-order valence-electron chi connectivity index (χ3n) is 4.36. The van der Waals surface area contributed by atoms with Gasteiger partial charge in [0.15, 0.2) is 0 Å². The Morgan fingerprint density at radius 3 is 2.35 bits per heavy atom. The van der Waals surface area contributed by atoms with E-state index in [9.17, 15) is 9.18 Å². The molecule has 1 fully saturated rings. The summed E-state index contributed by atoms with van der Waals surface area (Å²) < 4.78 is 13.5. The molecular formula is C19H22FN2O+. The summed E-state index contributed by atoms with van der Waals surface area (Å²) in [6, 6.07) is 14.3. The molecule has 2 aromatic rings. The van der Waals surface area contributed by atoms with Crippen LogP contribution in [0.25, 0.3) is 0 Å². The van der Waals surface area contributed by atoms with Crippen LogP contribution in [0, 0.1) is 5.82 Å². The Morgan fingerprint density at radius 2 is 1.65 bits per heavy atom. The quantitative estimate of drug-likeness (QED) is 0.869. The fourth-order valence-electron chi connectivity index (χ4n) is 3.04. The normalized spacial score (nSPS) is 14.8. The molecule has 2 aromatic carbocycles. The molecule has 0 aliphatic carbocycles. The minimum absolute atomic E-state index is 0.0850. The third-order valence-corrected chi connectivity index (χ3v) is 4.36. The van der Waals surface area contributed by atoms with Crippen LogP contribution < -0.4 is 10.2 Å². The highest BCUT2D eigenvalue weighted by atomic mass is 19.1. The maximum atomic E-state index is 13.5. The molecule has 3 nitrogen and oxygen atoms in total. The van der Waals surface area contributed by atoms with E-state index in [4.69, 9.17) is 0 Å². The van der Waals surface area contributed by atoms with Gasteiger partial charge in [0.1, 0.15) is 12.4 Å². The van der Waals surface area contributed by atoms with Crippen LogP contribution in [0.3, 0.4) is 0 Å². The molecule has 23 heavy (non-hydrogen) atoms. The van der Waals surface area contributed by atoms with Gasteiger partial charge in [-0.1, -0.05) is 36.4 Å². The lowest BCUT2D eigenvalue weighted by Gasteiger charge is -2.12. The molecule has 3 rings (SSSR count). The molecule has 0 saturated carbocycles. The van der Waals surface area contributed by atoms with E-state index in [1.807, 2.05) is 12.1 Å². The van der Waals surface area contributed by atoms with Crippen LogP contribution in [0.4, 0.5) is 4.39 Å². The smallest absolute Gasteiger partial charge is 0.254 e. The van der Waals surface area contributed by atoms with Gasteiger partial charge in [-0.25, -0.2) is 4.39 Å². The molecule has 4 heteroatoms. The highest BCUT2D eigenvalue weighted by Gasteiger charge is 2.15. The van der Waals surface area contributed by atoms with Gasteiger partial charge in [-0.05, 0) is 17.7 Å². The van der Waals surface area contributed by atoms with Crippen LogP contribution >= 0.6 is 0 Å². The Morgan fingerprint density at radius 1 is 1.00 bits per heavy atom. The summed E-state index contributed by atoms with van der Waals surface area (Å²) in [4.78, 5) is 13.6. The number of carbonyl (C=O) groups is 1. The Bertz CT molecular complexity index is 663. The van der Waals surface area contributed by atoms with E-state index < -0.39 is 5.82 Å². The van der Waals surface area contributed by atoms with Crippen LogP contribution in [0.2, 0.25) is 0 Å². The molecule has 0 atom stereocenters. The van der Waals surface area contributed by atoms with Gasteiger partial charge < -0.3 is 10.2 Å². The number of benzene rings is 2. The summed E-state index contributed by atoms with van der Waals surface area (Å²) >= 11 is 0. The van der Waals surface area contributed by atoms with Crippen molar-refractivity contribution in [1.82, 2.24) is 5.32 Å². The second-order valence-electron chi connectivity index (χ2n) is 6.11. The first-order chi connectivity index (χ1) is 11.2. The molecule has 1 saturated heterocycles. The number of likely N-dealkylation sites (tertiary alicyclic amines) is 1. The fraction of sp³-hybridized carbons (Fsp3) is 0.316. The van der Waals surface area contributed by atoms with E-state index >= 15 is 0 Å².